The number of carbonyl (C=O) groups is 2. The SMILES string of the molecule is CN(C1CCN(c2ccnc(CC(N)=O)c2)CC1)N1CCN(S(=O)(=O)c2ccc3cc(Cl)ccc3c2)CC1=O. The van der Waals surface area contributed by atoms with E-state index in [1.807, 2.05) is 24.2 Å². The van der Waals surface area contributed by atoms with E-state index in [9.17, 15) is 18.0 Å². The highest BCUT2D eigenvalue weighted by atomic mass is 35.5. The molecule has 5 rings (SSSR count). The normalized spacial score (nSPS) is 17.8. The summed E-state index contributed by atoms with van der Waals surface area (Å²) in [6.07, 6.45) is 3.45. The van der Waals surface area contributed by atoms with Gasteiger partial charge in [-0.05, 0) is 60.0 Å². The van der Waals surface area contributed by atoms with Crippen molar-refractivity contribution < 1.29 is 18.0 Å². The van der Waals surface area contributed by atoms with Crippen molar-refractivity contribution in [3.8, 4) is 0 Å². The number of primary amides is 1. The summed E-state index contributed by atoms with van der Waals surface area (Å²) in [5, 5.41) is 5.85. The molecule has 0 atom stereocenters. The summed E-state index contributed by atoms with van der Waals surface area (Å²) < 4.78 is 28.0. The predicted molar refractivity (Wildman–Crippen MR) is 150 cm³/mol. The fraction of sp³-hybridized carbons (Fsp3) is 0.370. The average Bonchev–Trinajstić information content (AvgIpc) is 2.92. The molecule has 39 heavy (non-hydrogen) atoms. The summed E-state index contributed by atoms with van der Waals surface area (Å²) in [6, 6.07) is 14.2. The molecule has 0 aliphatic carbocycles. The van der Waals surface area contributed by atoms with Gasteiger partial charge in [0.05, 0.1) is 30.1 Å². The third-order valence-electron chi connectivity index (χ3n) is 7.47. The summed E-state index contributed by atoms with van der Waals surface area (Å²) >= 11 is 6.05. The lowest BCUT2D eigenvalue weighted by atomic mass is 10.0. The van der Waals surface area contributed by atoms with E-state index in [0.29, 0.717) is 17.3 Å². The van der Waals surface area contributed by atoms with E-state index in [-0.39, 0.29) is 36.4 Å². The van der Waals surface area contributed by atoms with Crippen LogP contribution >= 0.6 is 11.6 Å². The fourth-order valence-corrected chi connectivity index (χ4v) is 6.91. The zero-order valence-corrected chi connectivity index (χ0v) is 23.2. The van der Waals surface area contributed by atoms with E-state index < -0.39 is 15.9 Å². The number of hydrazine groups is 1. The van der Waals surface area contributed by atoms with Gasteiger partial charge in [0.25, 0.3) is 5.91 Å². The van der Waals surface area contributed by atoms with Crippen molar-refractivity contribution in [1.82, 2.24) is 19.3 Å². The summed E-state index contributed by atoms with van der Waals surface area (Å²) in [5.41, 5.74) is 6.94. The maximum atomic E-state index is 13.4. The molecule has 2 aliphatic rings. The van der Waals surface area contributed by atoms with Gasteiger partial charge in [-0.3, -0.25) is 19.6 Å². The lowest BCUT2D eigenvalue weighted by molar-refractivity contribution is -0.156. The maximum Gasteiger partial charge on any atom is 0.252 e. The Morgan fingerprint density at radius 3 is 2.49 bits per heavy atom. The van der Waals surface area contributed by atoms with Gasteiger partial charge in [-0.15, -0.1) is 0 Å². The molecule has 1 aromatic heterocycles. The Kier molecular flexibility index (Phi) is 7.77. The molecule has 2 aromatic carbocycles. The lowest BCUT2D eigenvalue weighted by Crippen LogP contribution is -2.60. The molecule has 0 radical (unpaired) electrons. The molecule has 2 amide bonds. The second kappa shape index (κ2) is 11.1. The van der Waals surface area contributed by atoms with Crippen LogP contribution < -0.4 is 10.6 Å². The number of hydrogen-bond donors (Lipinski definition) is 1. The number of aromatic nitrogens is 1. The molecule has 2 N–H and O–H groups in total. The van der Waals surface area contributed by atoms with E-state index in [1.54, 1.807) is 47.6 Å². The zero-order valence-electron chi connectivity index (χ0n) is 21.7. The molecule has 0 spiro atoms. The van der Waals surface area contributed by atoms with Crippen LogP contribution in [-0.4, -0.2) is 85.4 Å². The number of anilines is 1. The van der Waals surface area contributed by atoms with Crippen molar-refractivity contribution in [2.75, 3.05) is 44.7 Å². The highest BCUT2D eigenvalue weighted by molar-refractivity contribution is 7.89. The smallest absolute Gasteiger partial charge is 0.252 e. The fourth-order valence-electron chi connectivity index (χ4n) is 5.32. The first-order valence-electron chi connectivity index (χ1n) is 12.8. The Bertz CT molecular complexity index is 1510. The van der Waals surface area contributed by atoms with Crippen LogP contribution in [0, 0.1) is 0 Å². The summed E-state index contributed by atoms with van der Waals surface area (Å²) in [6.45, 7) is 1.87. The number of carbonyl (C=O) groups excluding carboxylic acids is 2. The van der Waals surface area contributed by atoms with Crippen LogP contribution in [0.2, 0.25) is 5.02 Å². The van der Waals surface area contributed by atoms with Crippen molar-refractivity contribution in [3.05, 3.63) is 65.4 Å². The number of amides is 2. The number of sulfonamides is 1. The highest BCUT2D eigenvalue weighted by Gasteiger charge is 2.36. The molecule has 3 aromatic rings. The first-order valence-corrected chi connectivity index (χ1v) is 14.6. The number of nitrogens with two attached hydrogens (primary N) is 1. The first-order chi connectivity index (χ1) is 18.6. The highest BCUT2D eigenvalue weighted by Crippen LogP contribution is 2.27. The third-order valence-corrected chi connectivity index (χ3v) is 9.54. The van der Waals surface area contributed by atoms with Crippen LogP contribution in [0.4, 0.5) is 5.69 Å². The molecule has 2 saturated heterocycles. The molecule has 0 bridgehead atoms. The standard InChI is InChI=1S/C27H31ClN6O4S/c1-31(23-7-10-32(11-8-23)24-6-9-30-22(16-24)17-26(29)35)34-13-12-33(18-27(34)36)39(37,38)25-5-3-19-14-21(28)4-2-20(19)15-25/h2-6,9,14-16,23H,7-8,10-13,17-18H2,1H3,(H2,29,35). The van der Waals surface area contributed by atoms with Gasteiger partial charge in [-0.1, -0.05) is 23.7 Å². The van der Waals surface area contributed by atoms with Gasteiger partial charge < -0.3 is 10.6 Å². The van der Waals surface area contributed by atoms with Crippen molar-refractivity contribution in [3.63, 3.8) is 0 Å². The number of rotatable bonds is 7. The number of piperazine rings is 1. The molecule has 3 heterocycles. The summed E-state index contributed by atoms with van der Waals surface area (Å²) in [7, 11) is -1.93. The van der Waals surface area contributed by atoms with Crippen molar-refractivity contribution in [2.24, 2.45) is 5.73 Å². The Morgan fingerprint density at radius 1 is 1.05 bits per heavy atom. The van der Waals surface area contributed by atoms with E-state index in [0.717, 1.165) is 42.4 Å². The lowest BCUT2D eigenvalue weighted by Gasteiger charge is -2.45. The van der Waals surface area contributed by atoms with Crippen LogP contribution in [0.5, 0.6) is 0 Å². The topological polar surface area (TPSA) is 120 Å². The van der Waals surface area contributed by atoms with Crippen LogP contribution in [-0.2, 0) is 26.0 Å². The molecule has 0 unspecified atom stereocenters. The van der Waals surface area contributed by atoms with Crippen LogP contribution in [0.3, 0.4) is 0 Å². The number of hydrogen-bond acceptors (Lipinski definition) is 7. The largest absolute Gasteiger partial charge is 0.371 e. The quantitative estimate of drug-likeness (QED) is 0.462. The number of nitrogens with zero attached hydrogens (tertiary/aromatic N) is 5. The van der Waals surface area contributed by atoms with E-state index in [1.165, 1.54) is 4.31 Å². The third kappa shape index (κ3) is 5.86. The van der Waals surface area contributed by atoms with Gasteiger partial charge in [-0.25, -0.2) is 13.4 Å². The molecule has 10 nitrogen and oxygen atoms in total. The zero-order chi connectivity index (χ0) is 27.7. The Hall–Kier alpha value is -3.25. The average molecular weight is 571 g/mol. The molecule has 206 valence electrons. The first kappa shape index (κ1) is 27.3. The summed E-state index contributed by atoms with van der Waals surface area (Å²) in [4.78, 5) is 31.0. The van der Waals surface area contributed by atoms with Gasteiger partial charge in [0, 0.05) is 49.6 Å². The van der Waals surface area contributed by atoms with Crippen molar-refractivity contribution in [1.29, 1.82) is 0 Å². The van der Waals surface area contributed by atoms with Gasteiger partial charge in [0.2, 0.25) is 15.9 Å². The molecule has 2 aliphatic heterocycles. The second-order valence-electron chi connectivity index (χ2n) is 9.95. The van der Waals surface area contributed by atoms with Crippen LogP contribution in [0.25, 0.3) is 10.8 Å². The number of halogens is 1. The van der Waals surface area contributed by atoms with E-state index in [2.05, 4.69) is 9.88 Å². The Morgan fingerprint density at radius 2 is 1.77 bits per heavy atom. The summed E-state index contributed by atoms with van der Waals surface area (Å²) in [5.74, 6) is -0.660. The molecule has 0 saturated carbocycles. The van der Waals surface area contributed by atoms with Gasteiger partial charge >= 0.3 is 0 Å². The molecule has 12 heteroatoms. The van der Waals surface area contributed by atoms with E-state index in [4.69, 9.17) is 17.3 Å². The minimum absolute atomic E-state index is 0.104. The Balaban J connectivity index is 1.20. The van der Waals surface area contributed by atoms with Gasteiger partial charge in [-0.2, -0.15) is 4.31 Å². The predicted octanol–water partition coefficient (Wildman–Crippen LogP) is 2.26. The van der Waals surface area contributed by atoms with E-state index >= 15 is 0 Å². The number of benzene rings is 2. The van der Waals surface area contributed by atoms with Gasteiger partial charge in [0.15, 0.2) is 0 Å². The van der Waals surface area contributed by atoms with Gasteiger partial charge in [0.1, 0.15) is 0 Å². The molecule has 2 fully saturated rings. The monoisotopic (exact) mass is 570 g/mol. The number of fused-ring (bicyclic) bond motifs is 1. The van der Waals surface area contributed by atoms with Crippen molar-refractivity contribution >= 4 is 49.9 Å². The number of pyridine rings is 1. The Labute approximate surface area is 232 Å². The molecular formula is C27H31ClN6O4S. The second-order valence-corrected chi connectivity index (χ2v) is 12.3. The van der Waals surface area contributed by atoms with Crippen LogP contribution in [0.1, 0.15) is 18.5 Å². The maximum absolute atomic E-state index is 13.4. The van der Waals surface area contributed by atoms with Crippen molar-refractivity contribution in [2.45, 2.75) is 30.2 Å². The minimum atomic E-state index is -3.83. The molecular weight excluding hydrogens is 540 g/mol. The number of piperidine rings is 1. The minimum Gasteiger partial charge on any atom is -0.371 e. The van der Waals surface area contributed by atoms with Crippen LogP contribution in [0.15, 0.2) is 59.6 Å².